The minimum Gasteiger partial charge on any atom is -0.484 e. The molecule has 0 spiro atoms. The minimum atomic E-state index is -0.320. The smallest absolute Gasteiger partial charge is 0.143 e. The molecule has 0 saturated carbocycles. The van der Waals surface area contributed by atoms with Gasteiger partial charge in [0.1, 0.15) is 23.0 Å². The van der Waals surface area contributed by atoms with Crippen LogP contribution in [0.15, 0.2) is 259 Å². The molecule has 0 amide bonds. The highest BCUT2D eigenvalue weighted by molar-refractivity contribution is 6.11. The summed E-state index contributed by atoms with van der Waals surface area (Å²) in [7, 11) is 0. The largest absolute Gasteiger partial charge is 0.484 e. The number of ether oxygens (including phenoxy) is 1. The minimum absolute atomic E-state index is 0.0179. The molecule has 1 aliphatic heterocycles. The lowest BCUT2D eigenvalue weighted by atomic mass is 9.82. The molecule has 3 aliphatic rings. The van der Waals surface area contributed by atoms with Crippen LogP contribution in [0, 0.1) is 0 Å². The highest BCUT2D eigenvalue weighted by Crippen LogP contribution is 2.59. The van der Waals surface area contributed by atoms with Crippen LogP contribution in [0.3, 0.4) is 0 Å². The number of rotatable bonds is 8. The second-order valence-electron chi connectivity index (χ2n) is 20.7. The second-order valence-corrected chi connectivity index (χ2v) is 20.7. The zero-order valence-corrected chi connectivity index (χ0v) is 41.6. The zero-order valence-electron chi connectivity index (χ0n) is 41.6. The molecule has 11 aromatic carbocycles. The van der Waals surface area contributed by atoms with E-state index in [1.807, 2.05) is 6.07 Å². The Balaban J connectivity index is 0.927. The van der Waals surface area contributed by atoms with Crippen LogP contribution in [0.4, 0.5) is 34.1 Å². The van der Waals surface area contributed by atoms with Crippen LogP contribution < -0.4 is 14.5 Å². The quantitative estimate of drug-likeness (QED) is 0.152. The zero-order chi connectivity index (χ0) is 49.8. The number of allylic oxidation sites excluding steroid dienone is 2. The van der Waals surface area contributed by atoms with Gasteiger partial charge in [0.25, 0.3) is 0 Å². The van der Waals surface area contributed by atoms with Gasteiger partial charge in [0.05, 0.1) is 22.7 Å². The molecule has 4 nitrogen and oxygen atoms in total. The van der Waals surface area contributed by atoms with E-state index in [0.29, 0.717) is 0 Å². The molecule has 0 saturated heterocycles. The van der Waals surface area contributed by atoms with Gasteiger partial charge in [0, 0.05) is 72.1 Å². The predicted molar refractivity (Wildman–Crippen MR) is 312 cm³/mol. The maximum atomic E-state index is 6.68. The fourth-order valence-electron chi connectivity index (χ4n) is 12.6. The van der Waals surface area contributed by atoms with E-state index in [4.69, 9.17) is 9.15 Å². The van der Waals surface area contributed by atoms with Crippen LogP contribution in [0.25, 0.3) is 76.9 Å². The Morgan fingerprint density at radius 1 is 0.400 bits per heavy atom. The molecular weight excluding hydrogens is 913 g/mol. The van der Waals surface area contributed by atoms with Crippen LogP contribution in [0.2, 0.25) is 0 Å². The van der Waals surface area contributed by atoms with Crippen molar-refractivity contribution in [3.05, 3.63) is 272 Å². The van der Waals surface area contributed by atoms with E-state index in [1.165, 1.54) is 49.4 Å². The molecule has 0 fully saturated rings. The maximum absolute atomic E-state index is 6.68. The molecule has 0 N–H and O–H groups in total. The number of para-hydroxylation sites is 3. The fourth-order valence-corrected chi connectivity index (χ4v) is 12.6. The van der Waals surface area contributed by atoms with Crippen molar-refractivity contribution in [2.45, 2.75) is 31.3 Å². The van der Waals surface area contributed by atoms with E-state index in [2.05, 4.69) is 272 Å². The van der Waals surface area contributed by atoms with Crippen molar-refractivity contribution in [1.82, 2.24) is 0 Å². The van der Waals surface area contributed by atoms with E-state index >= 15 is 0 Å². The molecule has 356 valence electrons. The first-order valence-electron chi connectivity index (χ1n) is 26.1. The Morgan fingerprint density at radius 2 is 0.880 bits per heavy atom. The van der Waals surface area contributed by atoms with Crippen molar-refractivity contribution in [3.8, 4) is 39.1 Å². The average molecular weight is 963 g/mol. The molecule has 75 heavy (non-hydrogen) atoms. The van der Waals surface area contributed by atoms with Crippen LogP contribution in [-0.2, 0) is 5.41 Å². The van der Waals surface area contributed by atoms with E-state index in [9.17, 15) is 0 Å². The van der Waals surface area contributed by atoms with Crippen molar-refractivity contribution in [2.75, 3.05) is 9.80 Å². The Kier molecular flexibility index (Phi) is 9.71. The summed E-state index contributed by atoms with van der Waals surface area (Å²) in [4.78, 5) is 4.99. The van der Waals surface area contributed by atoms with Gasteiger partial charge in [0.2, 0.25) is 0 Å². The maximum Gasteiger partial charge on any atom is 0.143 e. The lowest BCUT2D eigenvalue weighted by molar-refractivity contribution is 0.270. The van der Waals surface area contributed by atoms with Gasteiger partial charge in [-0.2, -0.15) is 0 Å². The molecular formula is C71H50N2O2. The Hall–Kier alpha value is -9.38. The van der Waals surface area contributed by atoms with Crippen LogP contribution in [0.5, 0.6) is 5.75 Å². The van der Waals surface area contributed by atoms with Gasteiger partial charge in [-0.3, -0.25) is 0 Å². The van der Waals surface area contributed by atoms with Crippen LogP contribution in [0.1, 0.15) is 36.5 Å². The summed E-state index contributed by atoms with van der Waals surface area (Å²) in [5, 5.41) is 6.99. The first kappa shape index (κ1) is 43.2. The van der Waals surface area contributed by atoms with Crippen molar-refractivity contribution >= 4 is 77.6 Å². The number of benzene rings is 11. The number of furan rings is 1. The lowest BCUT2D eigenvalue weighted by Gasteiger charge is -2.32. The topological polar surface area (TPSA) is 28.9 Å². The number of anilines is 6. The van der Waals surface area contributed by atoms with Crippen molar-refractivity contribution in [2.24, 2.45) is 0 Å². The molecule has 0 bridgehead atoms. The monoisotopic (exact) mass is 962 g/mol. The number of hydrogen-bond donors (Lipinski definition) is 0. The van der Waals surface area contributed by atoms with Gasteiger partial charge < -0.3 is 19.0 Å². The van der Waals surface area contributed by atoms with E-state index in [-0.39, 0.29) is 17.4 Å². The fraction of sp³-hybridized carbons (Fsp3) is 0.0704. The van der Waals surface area contributed by atoms with Gasteiger partial charge in [-0.05, 0) is 93.7 Å². The Bertz CT molecular complexity index is 4320. The molecule has 1 aromatic heterocycles. The number of fused-ring (bicyclic) bond motifs is 11. The highest BCUT2D eigenvalue weighted by atomic mass is 16.5. The summed E-state index contributed by atoms with van der Waals surface area (Å²) in [5.41, 5.74) is 18.8. The van der Waals surface area contributed by atoms with Gasteiger partial charge in [0.15, 0.2) is 0 Å². The third kappa shape index (κ3) is 6.69. The van der Waals surface area contributed by atoms with Gasteiger partial charge in [-0.1, -0.05) is 208 Å². The Labute approximate surface area is 436 Å². The molecule has 2 heterocycles. The summed E-state index contributed by atoms with van der Waals surface area (Å²) in [6.07, 6.45) is 8.68. The molecule has 12 aromatic rings. The third-order valence-electron chi connectivity index (χ3n) is 16.2. The molecule has 2 aliphatic carbocycles. The molecule has 2 unspecified atom stereocenters. The highest BCUT2D eigenvalue weighted by Gasteiger charge is 2.41. The SMILES string of the molecule is CC1(C)c2cccc(N(c3ccc(-c4cccc5c4OC4C=CC=CC54)cc3)c3cccc4ccccc34)c2-c2c(N(c3ccc(-c4cccc5c4oc4ccccc45)cc3)c3cccc4ccccc34)cccc21. The van der Waals surface area contributed by atoms with E-state index in [1.54, 1.807) is 0 Å². The summed E-state index contributed by atoms with van der Waals surface area (Å²) in [5.74, 6) is 1.20. The van der Waals surface area contributed by atoms with Crippen molar-refractivity contribution in [1.29, 1.82) is 0 Å². The predicted octanol–water partition coefficient (Wildman–Crippen LogP) is 19.4. The van der Waals surface area contributed by atoms with E-state index in [0.717, 1.165) is 84.1 Å². The van der Waals surface area contributed by atoms with Crippen LogP contribution in [-0.4, -0.2) is 6.10 Å². The normalized spacial score (nSPS) is 15.7. The summed E-state index contributed by atoms with van der Waals surface area (Å²) < 4.78 is 13.2. The molecule has 2 atom stereocenters. The Morgan fingerprint density at radius 3 is 1.52 bits per heavy atom. The van der Waals surface area contributed by atoms with E-state index < -0.39 is 0 Å². The number of nitrogens with zero attached hydrogens (tertiary/aromatic N) is 2. The third-order valence-corrected chi connectivity index (χ3v) is 16.2. The standard InChI is InChI=1S/C71H50N2O2/c1-71(2)59-29-15-33-63(72(61-31-11-19-45-17-3-5-21-51(45)61)49-41-37-47(38-42-49)53-25-13-27-57-55-23-7-9-35-65(55)74-69(53)57)67(59)68-60(71)30-16-34-64(68)73(62-32-12-20-46-18-4-6-22-52(46)62)50-43-39-48(40-44-50)54-26-14-28-58-56-24-8-10-36-66(56)75-70(54)58/h3-44,55,65H,1-2H3. The molecule has 15 rings (SSSR count). The molecule has 4 heteroatoms. The first-order chi connectivity index (χ1) is 37.0. The number of hydrogen-bond acceptors (Lipinski definition) is 4. The van der Waals surface area contributed by atoms with Crippen molar-refractivity contribution < 1.29 is 9.15 Å². The lowest BCUT2D eigenvalue weighted by Crippen LogP contribution is -2.16. The van der Waals surface area contributed by atoms with Gasteiger partial charge in [-0.25, -0.2) is 0 Å². The summed E-state index contributed by atoms with van der Waals surface area (Å²) >= 11 is 0. The van der Waals surface area contributed by atoms with Crippen LogP contribution >= 0.6 is 0 Å². The summed E-state index contributed by atoms with van der Waals surface area (Å²) in [6, 6.07) is 84.3. The van der Waals surface area contributed by atoms with Crippen molar-refractivity contribution in [3.63, 3.8) is 0 Å². The summed E-state index contributed by atoms with van der Waals surface area (Å²) in [6.45, 7) is 4.78. The van der Waals surface area contributed by atoms with Gasteiger partial charge in [-0.15, -0.1) is 0 Å². The molecule has 0 radical (unpaired) electrons. The van der Waals surface area contributed by atoms with Gasteiger partial charge >= 0.3 is 0 Å². The first-order valence-corrected chi connectivity index (χ1v) is 26.1. The average Bonchev–Trinajstić information content (AvgIpc) is 4.19. The second kappa shape index (κ2) is 16.8.